The van der Waals surface area contributed by atoms with Gasteiger partial charge in [0.2, 0.25) is 11.8 Å². The number of aromatic amines is 1. The van der Waals surface area contributed by atoms with Crippen molar-refractivity contribution in [3.63, 3.8) is 0 Å². The highest BCUT2D eigenvalue weighted by molar-refractivity contribution is 5.89. The number of likely N-dealkylation sites (tertiary alicyclic amines) is 1. The average Bonchev–Trinajstić information content (AvgIpc) is 3.08. The van der Waals surface area contributed by atoms with Gasteiger partial charge in [0.05, 0.1) is 12.5 Å². The number of nitrogens with zero attached hydrogens (tertiary/aromatic N) is 2. The first-order chi connectivity index (χ1) is 11.6. The summed E-state index contributed by atoms with van der Waals surface area (Å²) >= 11 is 0. The van der Waals surface area contributed by atoms with Gasteiger partial charge in [-0.1, -0.05) is 0 Å². The third kappa shape index (κ3) is 3.52. The summed E-state index contributed by atoms with van der Waals surface area (Å²) in [5.41, 5.74) is 1.41. The van der Waals surface area contributed by atoms with Gasteiger partial charge < -0.3 is 14.8 Å². The fraction of sp³-hybridized carbons (Fsp3) is 0.474. The van der Waals surface area contributed by atoms with Crippen molar-refractivity contribution in [2.75, 3.05) is 13.6 Å². The summed E-state index contributed by atoms with van der Waals surface area (Å²) in [5.74, 6) is -0.599. The maximum absolute atomic E-state index is 13.3. The van der Waals surface area contributed by atoms with Crippen molar-refractivity contribution in [1.82, 2.24) is 14.8 Å². The Balaban J connectivity index is 1.69. The standard InChI is InChI=1S/C19H24FN3O2/c1-19(2,3)23-10-13(9-17(23)24)18(25)22(4)11-15-8-12-7-14(20)5-6-16(12)21-15/h5-8,13,21H,9-11H2,1-4H3. The predicted octanol–water partition coefficient (Wildman–Crippen LogP) is 2.91. The molecule has 6 heteroatoms. The lowest BCUT2D eigenvalue weighted by atomic mass is 10.1. The Morgan fingerprint density at radius 1 is 1.36 bits per heavy atom. The largest absolute Gasteiger partial charge is 0.357 e. The number of carbonyl (C=O) groups is 2. The first kappa shape index (κ1) is 17.5. The second kappa shape index (κ2) is 6.17. The van der Waals surface area contributed by atoms with Gasteiger partial charge in [0.15, 0.2) is 0 Å². The Bertz CT molecular complexity index is 822. The normalized spacial score (nSPS) is 18.2. The van der Waals surface area contributed by atoms with Crippen molar-refractivity contribution in [3.8, 4) is 0 Å². The van der Waals surface area contributed by atoms with E-state index in [1.54, 1.807) is 22.9 Å². The summed E-state index contributed by atoms with van der Waals surface area (Å²) in [5, 5.41) is 0.783. The van der Waals surface area contributed by atoms with Crippen LogP contribution in [0.25, 0.3) is 10.9 Å². The minimum atomic E-state index is -0.307. The van der Waals surface area contributed by atoms with Crippen LogP contribution in [0.1, 0.15) is 32.9 Å². The first-order valence-electron chi connectivity index (χ1n) is 8.48. The van der Waals surface area contributed by atoms with Crippen LogP contribution in [0.4, 0.5) is 4.39 Å². The van der Waals surface area contributed by atoms with Crippen molar-refractivity contribution in [1.29, 1.82) is 0 Å². The molecule has 1 fully saturated rings. The molecule has 1 N–H and O–H groups in total. The lowest BCUT2D eigenvalue weighted by molar-refractivity contribution is -0.135. The number of hydrogen-bond acceptors (Lipinski definition) is 2. The third-order valence-corrected chi connectivity index (χ3v) is 4.71. The van der Waals surface area contributed by atoms with Gasteiger partial charge in [-0.25, -0.2) is 4.39 Å². The molecule has 1 aromatic heterocycles. The van der Waals surface area contributed by atoms with Crippen molar-refractivity contribution in [3.05, 3.63) is 35.8 Å². The second-order valence-corrected chi connectivity index (χ2v) is 7.80. The molecule has 0 aliphatic carbocycles. The zero-order chi connectivity index (χ0) is 18.4. The number of carbonyl (C=O) groups excluding carboxylic acids is 2. The Kier molecular flexibility index (Phi) is 4.31. The molecule has 0 bridgehead atoms. The summed E-state index contributed by atoms with van der Waals surface area (Å²) in [4.78, 5) is 31.5. The molecule has 0 saturated carbocycles. The molecule has 3 rings (SSSR count). The van der Waals surface area contributed by atoms with Crippen molar-refractivity contribution < 1.29 is 14.0 Å². The highest BCUT2D eigenvalue weighted by Crippen LogP contribution is 2.27. The maximum Gasteiger partial charge on any atom is 0.228 e. The van der Waals surface area contributed by atoms with E-state index < -0.39 is 0 Å². The van der Waals surface area contributed by atoms with E-state index in [9.17, 15) is 14.0 Å². The molecule has 25 heavy (non-hydrogen) atoms. The van der Waals surface area contributed by atoms with Gasteiger partial charge >= 0.3 is 0 Å². The van der Waals surface area contributed by atoms with Crippen LogP contribution in [0.3, 0.4) is 0 Å². The maximum atomic E-state index is 13.3. The summed E-state index contributed by atoms with van der Waals surface area (Å²) in [6.07, 6.45) is 0.262. The monoisotopic (exact) mass is 345 g/mol. The number of aromatic nitrogens is 1. The molecule has 1 unspecified atom stereocenters. The number of benzene rings is 1. The van der Waals surface area contributed by atoms with E-state index in [-0.39, 0.29) is 35.5 Å². The molecule has 2 amide bonds. The number of halogens is 1. The van der Waals surface area contributed by atoms with Crippen molar-refractivity contribution >= 4 is 22.7 Å². The van der Waals surface area contributed by atoms with E-state index in [1.165, 1.54) is 12.1 Å². The number of hydrogen-bond donors (Lipinski definition) is 1. The van der Waals surface area contributed by atoms with Gasteiger partial charge in [-0.15, -0.1) is 0 Å². The van der Waals surface area contributed by atoms with Crippen LogP contribution in [0.5, 0.6) is 0 Å². The minimum Gasteiger partial charge on any atom is -0.357 e. The lowest BCUT2D eigenvalue weighted by Crippen LogP contribution is -2.43. The molecule has 1 saturated heterocycles. The van der Waals surface area contributed by atoms with Gasteiger partial charge in [-0.05, 0) is 45.0 Å². The summed E-state index contributed by atoms with van der Waals surface area (Å²) in [6, 6.07) is 6.41. The van der Waals surface area contributed by atoms with Gasteiger partial charge in [0, 0.05) is 42.1 Å². The van der Waals surface area contributed by atoms with Crippen molar-refractivity contribution in [2.24, 2.45) is 5.92 Å². The Hall–Kier alpha value is -2.37. The molecule has 1 atom stereocenters. The number of fused-ring (bicyclic) bond motifs is 1. The molecule has 0 radical (unpaired) electrons. The highest BCUT2D eigenvalue weighted by Gasteiger charge is 2.40. The minimum absolute atomic E-state index is 0.0281. The molecule has 5 nitrogen and oxygen atoms in total. The zero-order valence-corrected chi connectivity index (χ0v) is 15.1. The summed E-state index contributed by atoms with van der Waals surface area (Å²) in [7, 11) is 1.73. The molecule has 1 aliphatic heterocycles. The van der Waals surface area contributed by atoms with E-state index in [0.29, 0.717) is 13.1 Å². The number of rotatable bonds is 3. The molecule has 134 valence electrons. The Labute approximate surface area is 146 Å². The van der Waals surface area contributed by atoms with E-state index >= 15 is 0 Å². The van der Waals surface area contributed by atoms with Crippen LogP contribution >= 0.6 is 0 Å². The summed E-state index contributed by atoms with van der Waals surface area (Å²) in [6.45, 7) is 6.79. The first-order valence-corrected chi connectivity index (χ1v) is 8.48. The fourth-order valence-electron chi connectivity index (χ4n) is 3.41. The van der Waals surface area contributed by atoms with Gasteiger partial charge in [0.25, 0.3) is 0 Å². The van der Waals surface area contributed by atoms with Crippen LogP contribution in [-0.4, -0.2) is 45.7 Å². The second-order valence-electron chi connectivity index (χ2n) is 7.80. The van der Waals surface area contributed by atoms with Crippen LogP contribution in [0.2, 0.25) is 0 Å². The van der Waals surface area contributed by atoms with Crippen LogP contribution in [0.15, 0.2) is 24.3 Å². The molecular formula is C19H24FN3O2. The summed E-state index contributed by atoms with van der Waals surface area (Å²) < 4.78 is 13.3. The SMILES string of the molecule is CN(Cc1cc2cc(F)ccc2[nH]1)C(=O)C1CC(=O)N(C(C)(C)C)C1. The smallest absolute Gasteiger partial charge is 0.228 e. The predicted molar refractivity (Wildman–Crippen MR) is 94.3 cm³/mol. The number of nitrogens with one attached hydrogen (secondary N) is 1. The van der Waals surface area contributed by atoms with E-state index in [1.807, 2.05) is 26.8 Å². The van der Waals surface area contributed by atoms with Crippen molar-refractivity contribution in [2.45, 2.75) is 39.3 Å². The lowest BCUT2D eigenvalue weighted by Gasteiger charge is -2.32. The number of H-pyrrole nitrogens is 1. The molecular weight excluding hydrogens is 321 g/mol. The molecule has 2 aromatic rings. The molecule has 2 heterocycles. The van der Waals surface area contributed by atoms with Gasteiger partial charge in [-0.3, -0.25) is 9.59 Å². The fourth-order valence-corrected chi connectivity index (χ4v) is 3.41. The van der Waals surface area contributed by atoms with E-state index in [0.717, 1.165) is 16.6 Å². The van der Waals surface area contributed by atoms with Crippen LogP contribution in [-0.2, 0) is 16.1 Å². The van der Waals surface area contributed by atoms with Crippen LogP contribution in [0, 0.1) is 11.7 Å². The van der Waals surface area contributed by atoms with E-state index in [4.69, 9.17) is 0 Å². The highest BCUT2D eigenvalue weighted by atomic mass is 19.1. The molecule has 1 aliphatic rings. The third-order valence-electron chi connectivity index (χ3n) is 4.71. The van der Waals surface area contributed by atoms with Gasteiger partial charge in [-0.2, -0.15) is 0 Å². The quantitative estimate of drug-likeness (QED) is 0.930. The Morgan fingerprint density at radius 3 is 2.72 bits per heavy atom. The topological polar surface area (TPSA) is 56.4 Å². The average molecular weight is 345 g/mol. The van der Waals surface area contributed by atoms with Gasteiger partial charge in [0.1, 0.15) is 5.82 Å². The number of amides is 2. The molecule has 0 spiro atoms. The van der Waals surface area contributed by atoms with E-state index in [2.05, 4.69) is 4.98 Å². The Morgan fingerprint density at radius 2 is 2.08 bits per heavy atom. The molecule has 1 aromatic carbocycles. The zero-order valence-electron chi connectivity index (χ0n) is 15.1. The van der Waals surface area contributed by atoms with Crippen LogP contribution < -0.4 is 0 Å².